The molecule has 0 fully saturated rings. The summed E-state index contributed by atoms with van der Waals surface area (Å²) in [6.45, 7) is 12.7. The van der Waals surface area contributed by atoms with Gasteiger partial charge in [0.25, 0.3) is 0 Å². The Hall–Kier alpha value is -1.88. The highest BCUT2D eigenvalue weighted by molar-refractivity contribution is 5.86. The topological polar surface area (TPSA) is 81.4 Å². The number of rotatable bonds is 9. The van der Waals surface area contributed by atoms with E-state index in [0.717, 1.165) is 24.0 Å². The Bertz CT molecular complexity index is 425. The third-order valence-corrected chi connectivity index (χ3v) is 2.81. The molecule has 0 aliphatic heterocycles. The number of hydrogen-bond donors (Lipinski definition) is 2. The molecule has 0 radical (unpaired) electrons. The molecular formula is C16H26N2O3. The van der Waals surface area contributed by atoms with Gasteiger partial charge in [0.05, 0.1) is 6.04 Å². The number of nitrogens with two attached hydrogens (primary N) is 1. The van der Waals surface area contributed by atoms with E-state index in [4.69, 9.17) is 10.5 Å². The van der Waals surface area contributed by atoms with Gasteiger partial charge in [0.1, 0.15) is 12.6 Å². The van der Waals surface area contributed by atoms with E-state index in [1.165, 1.54) is 0 Å². The van der Waals surface area contributed by atoms with Gasteiger partial charge < -0.3 is 15.8 Å². The quantitative estimate of drug-likeness (QED) is 0.386. The summed E-state index contributed by atoms with van der Waals surface area (Å²) in [7, 11) is 0. The molecule has 0 saturated carbocycles. The summed E-state index contributed by atoms with van der Waals surface area (Å²) in [6, 6.07) is -1.36. The number of ether oxygens (including phenoxy) is 1. The minimum absolute atomic E-state index is 0.206. The predicted octanol–water partition coefficient (Wildman–Crippen LogP) is 1.85. The van der Waals surface area contributed by atoms with Crippen molar-refractivity contribution in [2.75, 3.05) is 6.61 Å². The van der Waals surface area contributed by atoms with E-state index in [0.29, 0.717) is 0 Å². The van der Waals surface area contributed by atoms with Crippen molar-refractivity contribution in [3.8, 4) is 0 Å². The molecule has 0 aromatic rings. The molecule has 1 amide bonds. The average Bonchev–Trinajstić information content (AvgIpc) is 2.43. The molecule has 0 bridgehead atoms. The molecule has 0 aliphatic rings. The van der Waals surface area contributed by atoms with Crippen LogP contribution in [0.3, 0.4) is 0 Å². The van der Waals surface area contributed by atoms with E-state index in [1.807, 2.05) is 13.0 Å². The molecule has 3 N–H and O–H groups in total. The summed E-state index contributed by atoms with van der Waals surface area (Å²) in [4.78, 5) is 23.1. The van der Waals surface area contributed by atoms with Gasteiger partial charge in [0.2, 0.25) is 5.91 Å². The zero-order valence-corrected chi connectivity index (χ0v) is 13.1. The largest absolute Gasteiger partial charge is 0.460 e. The van der Waals surface area contributed by atoms with E-state index >= 15 is 0 Å². The van der Waals surface area contributed by atoms with Crippen LogP contribution < -0.4 is 11.1 Å². The molecule has 5 heteroatoms. The van der Waals surface area contributed by atoms with Crippen molar-refractivity contribution in [2.45, 2.75) is 45.7 Å². The first-order valence-electron chi connectivity index (χ1n) is 6.96. The van der Waals surface area contributed by atoms with Crippen molar-refractivity contribution < 1.29 is 14.3 Å². The number of amides is 1. The van der Waals surface area contributed by atoms with Crippen LogP contribution in [0.1, 0.15) is 33.6 Å². The second kappa shape index (κ2) is 9.94. The van der Waals surface area contributed by atoms with Crippen LogP contribution in [0.4, 0.5) is 0 Å². The molecule has 2 atom stereocenters. The van der Waals surface area contributed by atoms with Crippen LogP contribution in [0, 0.1) is 0 Å². The SMILES string of the molecule is C=CC(=C)CCC=C(C)COC(=O)[C@H](C)NC(=O)[C@H](C)N. The summed E-state index contributed by atoms with van der Waals surface area (Å²) in [6.07, 6.45) is 5.38. The number of nitrogens with one attached hydrogen (secondary N) is 1. The number of allylic oxidation sites excluding steroid dienone is 3. The van der Waals surface area contributed by atoms with Gasteiger partial charge in [0.15, 0.2) is 0 Å². The summed E-state index contributed by atoms with van der Waals surface area (Å²) in [5.74, 6) is -0.859. The molecule has 0 aliphatic carbocycles. The standard InChI is InChI=1S/C16H26N2O3/c1-6-11(2)8-7-9-12(3)10-21-16(20)14(5)18-15(19)13(4)17/h6,9,13-14H,1-2,7-8,10,17H2,3-5H3,(H,18,19)/t13-,14-/m0/s1. The zero-order valence-electron chi connectivity index (χ0n) is 13.1. The van der Waals surface area contributed by atoms with Crippen LogP contribution in [-0.4, -0.2) is 30.6 Å². The zero-order chi connectivity index (χ0) is 16.4. The monoisotopic (exact) mass is 294 g/mol. The number of carbonyl (C=O) groups is 2. The van der Waals surface area contributed by atoms with Gasteiger partial charge >= 0.3 is 5.97 Å². The fourth-order valence-corrected chi connectivity index (χ4v) is 1.38. The number of hydrogen-bond acceptors (Lipinski definition) is 4. The lowest BCUT2D eigenvalue weighted by Gasteiger charge is -2.15. The van der Waals surface area contributed by atoms with E-state index < -0.39 is 18.1 Å². The maximum absolute atomic E-state index is 11.7. The molecule has 0 rings (SSSR count). The molecule has 21 heavy (non-hydrogen) atoms. The summed E-state index contributed by atoms with van der Waals surface area (Å²) < 4.78 is 5.12. The molecular weight excluding hydrogens is 268 g/mol. The van der Waals surface area contributed by atoms with E-state index in [-0.39, 0.29) is 12.5 Å². The van der Waals surface area contributed by atoms with Crippen molar-refractivity contribution in [2.24, 2.45) is 5.73 Å². The fraction of sp³-hybridized carbons (Fsp3) is 0.500. The van der Waals surface area contributed by atoms with E-state index in [1.54, 1.807) is 19.9 Å². The van der Waals surface area contributed by atoms with Crippen LogP contribution in [0.15, 0.2) is 36.5 Å². The Morgan fingerprint density at radius 1 is 1.38 bits per heavy atom. The Morgan fingerprint density at radius 2 is 2.00 bits per heavy atom. The molecule has 0 aromatic carbocycles. The Balaban J connectivity index is 4.11. The lowest BCUT2D eigenvalue weighted by molar-refractivity contribution is -0.146. The van der Waals surface area contributed by atoms with E-state index in [9.17, 15) is 9.59 Å². The number of carbonyl (C=O) groups excluding carboxylic acids is 2. The Morgan fingerprint density at radius 3 is 2.52 bits per heavy atom. The molecule has 0 saturated heterocycles. The average molecular weight is 294 g/mol. The summed E-state index contributed by atoms with van der Waals surface area (Å²) in [5, 5.41) is 2.49. The maximum atomic E-state index is 11.7. The number of esters is 1. The predicted molar refractivity (Wildman–Crippen MR) is 84.5 cm³/mol. The van der Waals surface area contributed by atoms with Gasteiger partial charge in [-0.1, -0.05) is 30.9 Å². The van der Waals surface area contributed by atoms with Crippen molar-refractivity contribution in [3.05, 3.63) is 36.5 Å². The van der Waals surface area contributed by atoms with Gasteiger partial charge in [0, 0.05) is 0 Å². The van der Waals surface area contributed by atoms with Crippen molar-refractivity contribution >= 4 is 11.9 Å². The first kappa shape index (κ1) is 19.1. The molecule has 0 unspecified atom stereocenters. The third-order valence-electron chi connectivity index (χ3n) is 2.81. The highest BCUT2D eigenvalue weighted by atomic mass is 16.5. The second-order valence-electron chi connectivity index (χ2n) is 5.08. The van der Waals surface area contributed by atoms with Crippen LogP contribution in [-0.2, 0) is 14.3 Å². The summed E-state index contributed by atoms with van der Waals surface area (Å²) in [5.41, 5.74) is 7.34. The van der Waals surface area contributed by atoms with Gasteiger partial charge in [-0.2, -0.15) is 0 Å². The normalized spacial score (nSPS) is 14.0. The molecule has 118 valence electrons. The minimum Gasteiger partial charge on any atom is -0.460 e. The van der Waals surface area contributed by atoms with Gasteiger partial charge in [-0.3, -0.25) is 4.79 Å². The minimum atomic E-state index is -0.711. The van der Waals surface area contributed by atoms with Gasteiger partial charge in [-0.15, -0.1) is 0 Å². The molecule has 0 heterocycles. The van der Waals surface area contributed by atoms with E-state index in [2.05, 4.69) is 18.5 Å². The van der Waals surface area contributed by atoms with Crippen LogP contribution in [0.2, 0.25) is 0 Å². The highest BCUT2D eigenvalue weighted by Gasteiger charge is 2.18. The first-order valence-corrected chi connectivity index (χ1v) is 6.96. The molecule has 0 spiro atoms. The Labute approximate surface area is 126 Å². The lowest BCUT2D eigenvalue weighted by Crippen LogP contribution is -2.46. The molecule has 5 nitrogen and oxygen atoms in total. The van der Waals surface area contributed by atoms with Crippen molar-refractivity contribution in [1.82, 2.24) is 5.32 Å². The first-order chi connectivity index (χ1) is 9.77. The van der Waals surface area contributed by atoms with Gasteiger partial charge in [-0.25, -0.2) is 4.79 Å². The summed E-state index contributed by atoms with van der Waals surface area (Å²) >= 11 is 0. The molecule has 0 aromatic heterocycles. The van der Waals surface area contributed by atoms with Gasteiger partial charge in [-0.05, 0) is 39.2 Å². The fourth-order valence-electron chi connectivity index (χ4n) is 1.38. The van der Waals surface area contributed by atoms with Crippen LogP contribution in [0.5, 0.6) is 0 Å². The van der Waals surface area contributed by atoms with Crippen molar-refractivity contribution in [1.29, 1.82) is 0 Å². The smallest absolute Gasteiger partial charge is 0.328 e. The maximum Gasteiger partial charge on any atom is 0.328 e. The van der Waals surface area contributed by atoms with Crippen molar-refractivity contribution in [3.63, 3.8) is 0 Å². The van der Waals surface area contributed by atoms with Crippen LogP contribution in [0.25, 0.3) is 0 Å². The second-order valence-corrected chi connectivity index (χ2v) is 5.08. The highest BCUT2D eigenvalue weighted by Crippen LogP contribution is 2.06. The Kier molecular flexibility index (Phi) is 9.05. The third kappa shape index (κ3) is 8.81. The lowest BCUT2D eigenvalue weighted by atomic mass is 10.1. The van der Waals surface area contributed by atoms with Crippen LogP contribution >= 0.6 is 0 Å².